The first-order chi connectivity index (χ1) is 8.11. The molecule has 17 heavy (non-hydrogen) atoms. The van der Waals surface area contributed by atoms with Crippen LogP contribution in [-0.4, -0.2) is 41.2 Å². The molecule has 6 heteroatoms. The summed E-state index contributed by atoms with van der Waals surface area (Å²) in [5, 5.41) is 13.9. The number of thioether (sulfide) groups is 1. The van der Waals surface area contributed by atoms with E-state index in [1.54, 1.807) is 17.8 Å². The highest BCUT2D eigenvalue weighted by molar-refractivity contribution is 7.99. The summed E-state index contributed by atoms with van der Waals surface area (Å²) in [6.45, 7) is 5.98. The summed E-state index contributed by atoms with van der Waals surface area (Å²) >= 11 is 1.65. The minimum Gasteiger partial charge on any atom is -0.480 e. The molecule has 0 rings (SSSR count). The highest BCUT2D eigenvalue weighted by Crippen LogP contribution is 1.98. The molecule has 0 aromatic rings. The van der Waals surface area contributed by atoms with Gasteiger partial charge in [0, 0.05) is 18.1 Å². The summed E-state index contributed by atoms with van der Waals surface area (Å²) in [4.78, 5) is 22.1. The third-order valence-corrected chi connectivity index (χ3v) is 2.91. The minimum absolute atomic E-state index is 0.426. The Kier molecular flexibility index (Phi) is 9.33. The lowest BCUT2D eigenvalue weighted by atomic mass is 10.2. The van der Waals surface area contributed by atoms with Crippen LogP contribution in [0.4, 0.5) is 4.79 Å². The van der Waals surface area contributed by atoms with Crippen LogP contribution in [0.1, 0.15) is 19.8 Å². The molecular formula is C11H20N2O3S. The maximum Gasteiger partial charge on any atom is 0.326 e. The first-order valence-electron chi connectivity index (χ1n) is 5.57. The number of carboxylic acids is 1. The van der Waals surface area contributed by atoms with Crippen LogP contribution in [0.5, 0.6) is 0 Å². The summed E-state index contributed by atoms with van der Waals surface area (Å²) in [5.41, 5.74) is 0. The SMILES string of the molecule is C=CCSCCNC(=O)N[C@H](CCC)C(=O)O. The van der Waals surface area contributed by atoms with Gasteiger partial charge >= 0.3 is 12.0 Å². The molecule has 0 bridgehead atoms. The summed E-state index contributed by atoms with van der Waals surface area (Å²) in [5.74, 6) is 0.630. The maximum absolute atomic E-state index is 11.4. The van der Waals surface area contributed by atoms with Gasteiger partial charge in [-0.05, 0) is 6.42 Å². The lowest BCUT2D eigenvalue weighted by molar-refractivity contribution is -0.139. The van der Waals surface area contributed by atoms with Gasteiger partial charge in [0.2, 0.25) is 0 Å². The molecule has 0 aliphatic carbocycles. The zero-order valence-electron chi connectivity index (χ0n) is 10.1. The van der Waals surface area contributed by atoms with Crippen molar-refractivity contribution in [2.75, 3.05) is 18.1 Å². The topological polar surface area (TPSA) is 78.4 Å². The van der Waals surface area contributed by atoms with Crippen molar-refractivity contribution < 1.29 is 14.7 Å². The van der Waals surface area contributed by atoms with Gasteiger partial charge in [-0.15, -0.1) is 6.58 Å². The lowest BCUT2D eigenvalue weighted by Gasteiger charge is -2.14. The molecule has 0 saturated heterocycles. The Labute approximate surface area is 106 Å². The fourth-order valence-electron chi connectivity index (χ4n) is 1.16. The van der Waals surface area contributed by atoms with Gasteiger partial charge in [0.15, 0.2) is 0 Å². The van der Waals surface area contributed by atoms with E-state index in [-0.39, 0.29) is 0 Å². The highest BCUT2D eigenvalue weighted by atomic mass is 32.2. The number of hydrogen-bond donors (Lipinski definition) is 3. The second-order valence-corrected chi connectivity index (χ2v) is 4.59. The number of carbonyl (C=O) groups is 2. The molecule has 98 valence electrons. The van der Waals surface area contributed by atoms with E-state index in [0.29, 0.717) is 19.4 Å². The number of urea groups is 1. The Hall–Kier alpha value is -1.17. The molecule has 0 unspecified atom stereocenters. The molecule has 0 aliphatic rings. The zero-order valence-corrected chi connectivity index (χ0v) is 10.9. The highest BCUT2D eigenvalue weighted by Gasteiger charge is 2.17. The van der Waals surface area contributed by atoms with Crippen LogP contribution < -0.4 is 10.6 Å². The van der Waals surface area contributed by atoms with Crippen LogP contribution >= 0.6 is 11.8 Å². The number of carbonyl (C=O) groups excluding carboxylic acids is 1. The van der Waals surface area contributed by atoms with E-state index in [1.165, 1.54) is 0 Å². The number of amides is 2. The van der Waals surface area contributed by atoms with Crippen LogP contribution in [0.2, 0.25) is 0 Å². The second kappa shape index (κ2) is 10.0. The van der Waals surface area contributed by atoms with Crippen molar-refractivity contribution in [2.24, 2.45) is 0 Å². The number of rotatable bonds is 9. The smallest absolute Gasteiger partial charge is 0.326 e. The maximum atomic E-state index is 11.4. The van der Waals surface area contributed by atoms with E-state index in [4.69, 9.17) is 5.11 Å². The number of aliphatic carboxylic acids is 1. The molecule has 0 aliphatic heterocycles. The summed E-state index contributed by atoms with van der Waals surface area (Å²) in [6.07, 6.45) is 2.95. The average Bonchev–Trinajstić information content (AvgIpc) is 2.28. The molecule has 5 nitrogen and oxygen atoms in total. The molecule has 0 saturated carbocycles. The molecular weight excluding hydrogens is 240 g/mol. The largest absolute Gasteiger partial charge is 0.480 e. The van der Waals surface area contributed by atoms with Crippen molar-refractivity contribution in [2.45, 2.75) is 25.8 Å². The van der Waals surface area contributed by atoms with Gasteiger partial charge in [-0.2, -0.15) is 11.8 Å². The monoisotopic (exact) mass is 260 g/mol. The first kappa shape index (κ1) is 15.8. The fraction of sp³-hybridized carbons (Fsp3) is 0.636. The van der Waals surface area contributed by atoms with Gasteiger partial charge in [-0.25, -0.2) is 9.59 Å². The van der Waals surface area contributed by atoms with Crippen molar-refractivity contribution in [3.05, 3.63) is 12.7 Å². The minimum atomic E-state index is -0.997. The van der Waals surface area contributed by atoms with E-state index in [2.05, 4.69) is 17.2 Å². The van der Waals surface area contributed by atoms with Gasteiger partial charge in [-0.3, -0.25) is 0 Å². The summed E-state index contributed by atoms with van der Waals surface area (Å²) < 4.78 is 0. The zero-order chi connectivity index (χ0) is 13.1. The predicted octanol–water partition coefficient (Wildman–Crippen LogP) is 1.46. The molecule has 1 atom stereocenters. The van der Waals surface area contributed by atoms with Crippen molar-refractivity contribution in [3.63, 3.8) is 0 Å². The molecule has 0 spiro atoms. The van der Waals surface area contributed by atoms with Crippen LogP contribution in [0.25, 0.3) is 0 Å². The van der Waals surface area contributed by atoms with E-state index < -0.39 is 18.0 Å². The van der Waals surface area contributed by atoms with Gasteiger partial charge < -0.3 is 15.7 Å². The molecule has 2 amide bonds. The van der Waals surface area contributed by atoms with Gasteiger partial charge in [-0.1, -0.05) is 19.4 Å². The first-order valence-corrected chi connectivity index (χ1v) is 6.73. The van der Waals surface area contributed by atoms with Crippen LogP contribution in [0.15, 0.2) is 12.7 Å². The standard InChI is InChI=1S/C11H20N2O3S/c1-3-5-9(10(14)15)13-11(16)12-6-8-17-7-4-2/h4,9H,2-3,5-8H2,1H3,(H,14,15)(H2,12,13,16)/t9-/m1/s1. The van der Waals surface area contributed by atoms with Crippen LogP contribution in [0.3, 0.4) is 0 Å². The van der Waals surface area contributed by atoms with Crippen LogP contribution in [0, 0.1) is 0 Å². The normalized spacial score (nSPS) is 11.6. The van der Waals surface area contributed by atoms with Crippen molar-refractivity contribution in [3.8, 4) is 0 Å². The third kappa shape index (κ3) is 8.62. The Balaban J connectivity index is 3.74. The summed E-state index contributed by atoms with van der Waals surface area (Å²) in [6, 6.07) is -1.23. The quantitative estimate of drug-likeness (QED) is 0.433. The number of nitrogens with one attached hydrogen (secondary N) is 2. The van der Waals surface area contributed by atoms with Crippen molar-refractivity contribution in [1.82, 2.24) is 10.6 Å². The average molecular weight is 260 g/mol. The van der Waals surface area contributed by atoms with E-state index >= 15 is 0 Å². The third-order valence-electron chi connectivity index (χ3n) is 1.95. The van der Waals surface area contributed by atoms with Gasteiger partial charge in [0.1, 0.15) is 6.04 Å². The Morgan fingerprint density at radius 1 is 1.53 bits per heavy atom. The molecule has 0 aromatic carbocycles. The van der Waals surface area contributed by atoms with E-state index in [1.807, 2.05) is 6.92 Å². The Morgan fingerprint density at radius 2 is 2.24 bits per heavy atom. The molecule has 0 fully saturated rings. The van der Waals surface area contributed by atoms with Crippen molar-refractivity contribution in [1.29, 1.82) is 0 Å². The Bertz CT molecular complexity index is 259. The van der Waals surface area contributed by atoms with Gasteiger partial charge in [0.05, 0.1) is 0 Å². The lowest BCUT2D eigenvalue weighted by Crippen LogP contribution is -2.46. The molecule has 0 heterocycles. The molecule has 0 radical (unpaired) electrons. The molecule has 3 N–H and O–H groups in total. The number of hydrogen-bond acceptors (Lipinski definition) is 3. The summed E-state index contributed by atoms with van der Waals surface area (Å²) in [7, 11) is 0. The predicted molar refractivity (Wildman–Crippen MR) is 70.4 cm³/mol. The van der Waals surface area contributed by atoms with E-state index in [9.17, 15) is 9.59 Å². The van der Waals surface area contributed by atoms with Crippen LogP contribution in [-0.2, 0) is 4.79 Å². The second-order valence-electron chi connectivity index (χ2n) is 3.44. The number of carboxylic acid groups (broad SMARTS) is 1. The molecule has 0 aromatic heterocycles. The van der Waals surface area contributed by atoms with Gasteiger partial charge in [0.25, 0.3) is 0 Å². The van der Waals surface area contributed by atoms with Crippen molar-refractivity contribution >= 4 is 23.8 Å². The Morgan fingerprint density at radius 3 is 2.76 bits per heavy atom. The van der Waals surface area contributed by atoms with E-state index in [0.717, 1.165) is 11.5 Å². The fourth-order valence-corrected chi connectivity index (χ4v) is 1.74.